The molecule has 0 aromatic rings. The second-order valence-corrected chi connectivity index (χ2v) is 3.03. The summed E-state index contributed by atoms with van der Waals surface area (Å²) in [5.74, 6) is -0.0828. The summed E-state index contributed by atoms with van der Waals surface area (Å²) in [5, 5.41) is 0. The van der Waals surface area contributed by atoms with Gasteiger partial charge in [-0.2, -0.15) is 0 Å². The van der Waals surface area contributed by atoms with E-state index in [2.05, 4.69) is 0 Å². The molecule has 0 aliphatic rings. The van der Waals surface area contributed by atoms with Gasteiger partial charge in [-0.3, -0.25) is 9.59 Å². The molecular formula is C9H18N2O3. The van der Waals surface area contributed by atoms with Crippen LogP contribution in [0.3, 0.4) is 0 Å². The Labute approximate surface area is 84.2 Å². The number of nitrogens with zero attached hydrogens (tertiary/aromatic N) is 1. The smallest absolute Gasteiger partial charge is 0.236 e. The monoisotopic (exact) mass is 202 g/mol. The number of methoxy groups -OCH3 is 1. The molecule has 0 heterocycles. The zero-order chi connectivity index (χ0) is 11.0. The molecule has 0 unspecified atom stereocenters. The molecule has 0 atom stereocenters. The second-order valence-electron chi connectivity index (χ2n) is 3.03. The summed E-state index contributed by atoms with van der Waals surface area (Å²) in [5.41, 5.74) is 5.23. The number of rotatable bonds is 7. The summed E-state index contributed by atoms with van der Waals surface area (Å²) in [6.45, 7) is 2.85. The van der Waals surface area contributed by atoms with Crippen molar-refractivity contribution in [3.63, 3.8) is 0 Å². The number of amides is 1. The van der Waals surface area contributed by atoms with E-state index in [1.54, 1.807) is 12.0 Å². The third-order valence-corrected chi connectivity index (χ3v) is 1.83. The Bertz CT molecular complexity index is 194. The van der Waals surface area contributed by atoms with Gasteiger partial charge in [0.2, 0.25) is 5.91 Å². The van der Waals surface area contributed by atoms with Gasteiger partial charge in [0.25, 0.3) is 0 Å². The van der Waals surface area contributed by atoms with E-state index in [4.69, 9.17) is 10.5 Å². The first kappa shape index (κ1) is 13.1. The number of Topliss-reactive ketones (excluding diaryl/α,β-unsaturated/α-hetero) is 1. The average molecular weight is 202 g/mol. The maximum absolute atomic E-state index is 11.3. The molecule has 0 spiro atoms. The summed E-state index contributed by atoms with van der Waals surface area (Å²) in [6, 6.07) is 0. The molecule has 0 saturated carbocycles. The van der Waals surface area contributed by atoms with Gasteiger partial charge >= 0.3 is 0 Å². The van der Waals surface area contributed by atoms with Crippen LogP contribution < -0.4 is 5.73 Å². The summed E-state index contributed by atoms with van der Waals surface area (Å²) in [7, 11) is 1.57. The normalized spacial score (nSPS) is 9.93. The molecule has 5 heteroatoms. The van der Waals surface area contributed by atoms with Crippen LogP contribution in [0, 0.1) is 0 Å². The predicted molar refractivity (Wildman–Crippen MR) is 52.8 cm³/mol. The molecule has 0 aromatic carbocycles. The fraction of sp³-hybridized carbons (Fsp3) is 0.778. The highest BCUT2D eigenvalue weighted by atomic mass is 16.5. The van der Waals surface area contributed by atoms with Gasteiger partial charge in [-0.25, -0.2) is 0 Å². The quantitative estimate of drug-likeness (QED) is 0.598. The van der Waals surface area contributed by atoms with E-state index >= 15 is 0 Å². The standard InChI is InChI=1S/C9H18N2O3/c1-8(12)3-4-11(5-6-14-2)9(13)7-10/h3-7,10H2,1-2H3. The van der Waals surface area contributed by atoms with E-state index in [-0.39, 0.29) is 18.2 Å². The average Bonchev–Trinajstić information content (AvgIpc) is 2.16. The molecule has 2 N–H and O–H groups in total. The molecule has 0 aromatic heterocycles. The Hall–Kier alpha value is -0.940. The Morgan fingerprint density at radius 3 is 2.43 bits per heavy atom. The molecule has 1 amide bonds. The molecule has 0 bridgehead atoms. The summed E-state index contributed by atoms with van der Waals surface area (Å²) < 4.78 is 4.85. The number of ether oxygens (including phenoxy) is 1. The summed E-state index contributed by atoms with van der Waals surface area (Å²) in [6.07, 6.45) is 0.370. The van der Waals surface area contributed by atoms with Gasteiger partial charge in [0, 0.05) is 26.6 Å². The lowest BCUT2D eigenvalue weighted by Crippen LogP contribution is -2.39. The Balaban J connectivity index is 3.96. The molecule has 0 aliphatic heterocycles. The van der Waals surface area contributed by atoms with Gasteiger partial charge in [0.1, 0.15) is 5.78 Å². The maximum atomic E-state index is 11.3. The van der Waals surface area contributed by atoms with E-state index in [1.807, 2.05) is 0 Å². The Kier molecular flexibility index (Phi) is 6.96. The van der Waals surface area contributed by atoms with Crippen LogP contribution in [0.5, 0.6) is 0 Å². The van der Waals surface area contributed by atoms with E-state index in [0.29, 0.717) is 26.1 Å². The van der Waals surface area contributed by atoms with Gasteiger partial charge in [-0.15, -0.1) is 0 Å². The maximum Gasteiger partial charge on any atom is 0.236 e. The van der Waals surface area contributed by atoms with Gasteiger partial charge in [0.15, 0.2) is 0 Å². The van der Waals surface area contributed by atoms with Crippen LogP contribution in [0.15, 0.2) is 0 Å². The van der Waals surface area contributed by atoms with Crippen LogP contribution >= 0.6 is 0 Å². The van der Waals surface area contributed by atoms with Gasteiger partial charge in [0.05, 0.1) is 13.2 Å². The SMILES string of the molecule is COCCN(CCC(C)=O)C(=O)CN. The first-order valence-corrected chi connectivity index (χ1v) is 4.58. The minimum absolute atomic E-state index is 0.0262. The fourth-order valence-corrected chi connectivity index (χ4v) is 0.984. The van der Waals surface area contributed by atoms with Crippen LogP contribution in [0.2, 0.25) is 0 Å². The number of carbonyl (C=O) groups is 2. The first-order chi connectivity index (χ1) is 6.61. The zero-order valence-corrected chi connectivity index (χ0v) is 8.78. The van der Waals surface area contributed by atoms with Crippen molar-refractivity contribution in [3.05, 3.63) is 0 Å². The van der Waals surface area contributed by atoms with E-state index in [9.17, 15) is 9.59 Å². The molecule has 0 saturated heterocycles. The lowest BCUT2D eigenvalue weighted by molar-refractivity contribution is -0.130. The highest BCUT2D eigenvalue weighted by Gasteiger charge is 2.11. The topological polar surface area (TPSA) is 72.6 Å². The van der Waals surface area contributed by atoms with Crippen LogP contribution in [0.25, 0.3) is 0 Å². The van der Waals surface area contributed by atoms with E-state index < -0.39 is 0 Å². The largest absolute Gasteiger partial charge is 0.383 e. The fourth-order valence-electron chi connectivity index (χ4n) is 0.984. The molecule has 5 nitrogen and oxygen atoms in total. The second kappa shape index (κ2) is 7.46. The van der Waals surface area contributed by atoms with Crippen LogP contribution in [-0.2, 0) is 14.3 Å². The minimum atomic E-state index is -0.150. The lowest BCUT2D eigenvalue weighted by Gasteiger charge is -2.20. The zero-order valence-electron chi connectivity index (χ0n) is 8.78. The minimum Gasteiger partial charge on any atom is -0.383 e. The number of hydrogen-bond acceptors (Lipinski definition) is 4. The van der Waals surface area contributed by atoms with E-state index in [0.717, 1.165) is 0 Å². The van der Waals surface area contributed by atoms with Crippen molar-refractivity contribution >= 4 is 11.7 Å². The number of carbonyl (C=O) groups excluding carboxylic acids is 2. The molecule has 82 valence electrons. The Morgan fingerprint density at radius 2 is 2.00 bits per heavy atom. The van der Waals surface area contributed by atoms with Crippen LogP contribution in [-0.4, -0.2) is 49.9 Å². The summed E-state index contributed by atoms with van der Waals surface area (Å²) in [4.78, 5) is 23.5. The predicted octanol–water partition coefficient (Wildman–Crippen LogP) is -0.601. The summed E-state index contributed by atoms with van der Waals surface area (Å²) >= 11 is 0. The first-order valence-electron chi connectivity index (χ1n) is 4.58. The van der Waals surface area contributed by atoms with Crippen molar-refractivity contribution in [3.8, 4) is 0 Å². The van der Waals surface area contributed by atoms with Gasteiger partial charge < -0.3 is 15.4 Å². The molecular weight excluding hydrogens is 184 g/mol. The molecule has 0 rings (SSSR count). The third-order valence-electron chi connectivity index (χ3n) is 1.83. The van der Waals surface area contributed by atoms with Crippen molar-refractivity contribution in [2.75, 3.05) is 33.4 Å². The number of ketones is 1. The van der Waals surface area contributed by atoms with Crippen LogP contribution in [0.4, 0.5) is 0 Å². The molecule has 0 aliphatic carbocycles. The van der Waals surface area contributed by atoms with Crippen LogP contribution in [0.1, 0.15) is 13.3 Å². The van der Waals surface area contributed by atoms with Gasteiger partial charge in [-0.1, -0.05) is 0 Å². The molecule has 0 fully saturated rings. The Morgan fingerprint density at radius 1 is 1.36 bits per heavy atom. The highest BCUT2D eigenvalue weighted by Crippen LogP contribution is 1.93. The molecule has 14 heavy (non-hydrogen) atoms. The number of nitrogens with two attached hydrogens (primary N) is 1. The number of hydrogen-bond donors (Lipinski definition) is 1. The third kappa shape index (κ3) is 5.66. The van der Waals surface area contributed by atoms with Crippen molar-refractivity contribution < 1.29 is 14.3 Å². The highest BCUT2D eigenvalue weighted by molar-refractivity contribution is 5.79. The van der Waals surface area contributed by atoms with Crippen molar-refractivity contribution in [1.82, 2.24) is 4.90 Å². The van der Waals surface area contributed by atoms with E-state index in [1.165, 1.54) is 6.92 Å². The van der Waals surface area contributed by atoms with Crippen molar-refractivity contribution in [2.24, 2.45) is 5.73 Å². The van der Waals surface area contributed by atoms with Gasteiger partial charge in [-0.05, 0) is 6.92 Å². The molecule has 0 radical (unpaired) electrons. The van der Waals surface area contributed by atoms with Crippen molar-refractivity contribution in [2.45, 2.75) is 13.3 Å². The van der Waals surface area contributed by atoms with Crippen molar-refractivity contribution in [1.29, 1.82) is 0 Å². The lowest BCUT2D eigenvalue weighted by atomic mass is 10.3.